The molecule has 0 aromatic heterocycles. The first kappa shape index (κ1) is 16.2. The van der Waals surface area contributed by atoms with E-state index in [-0.39, 0.29) is 10.9 Å². The van der Waals surface area contributed by atoms with Crippen molar-refractivity contribution in [1.29, 1.82) is 0 Å². The normalized spacial score (nSPS) is 12.8. The molecular weight excluding hydrogens is 288 g/mol. The van der Waals surface area contributed by atoms with Crippen LogP contribution in [0.3, 0.4) is 0 Å². The molecule has 0 saturated carbocycles. The van der Waals surface area contributed by atoms with Crippen LogP contribution in [0, 0.1) is 13.8 Å². The molecule has 1 nitrogen and oxygen atoms in total. The number of benzene rings is 2. The van der Waals surface area contributed by atoms with Gasteiger partial charge in [0.1, 0.15) is 11.2 Å². The number of hydrogen-bond donors (Lipinski definition) is 1. The Morgan fingerprint density at radius 1 is 0.909 bits per heavy atom. The van der Waals surface area contributed by atoms with Crippen LogP contribution in [-0.2, 0) is 10.9 Å². The van der Waals surface area contributed by atoms with Crippen molar-refractivity contribution < 1.29 is 5.11 Å². The molecular formula is C20H21OS+. The Morgan fingerprint density at radius 3 is 2.14 bits per heavy atom. The summed E-state index contributed by atoms with van der Waals surface area (Å²) >= 11 is 0. The molecule has 0 heterocycles. The van der Waals surface area contributed by atoms with Crippen LogP contribution in [0.15, 0.2) is 88.5 Å². The van der Waals surface area contributed by atoms with E-state index in [0.29, 0.717) is 5.75 Å². The lowest BCUT2D eigenvalue weighted by atomic mass is 10.1. The van der Waals surface area contributed by atoms with Crippen molar-refractivity contribution >= 4 is 10.9 Å². The molecule has 2 aromatic rings. The third kappa shape index (κ3) is 3.92. The Bertz CT molecular complexity index is 676. The van der Waals surface area contributed by atoms with Crippen LogP contribution in [0.5, 0.6) is 5.75 Å². The first-order chi connectivity index (χ1) is 10.6. The number of hydrogen-bond acceptors (Lipinski definition) is 1. The van der Waals surface area contributed by atoms with Gasteiger partial charge in [-0.15, -0.1) is 0 Å². The molecule has 0 aliphatic carbocycles. The van der Waals surface area contributed by atoms with Crippen LogP contribution in [0.25, 0.3) is 0 Å². The zero-order chi connectivity index (χ0) is 15.9. The fourth-order valence-corrected chi connectivity index (χ4v) is 4.06. The van der Waals surface area contributed by atoms with Crippen LogP contribution >= 0.6 is 0 Å². The van der Waals surface area contributed by atoms with Gasteiger partial charge in [-0.2, -0.15) is 0 Å². The Morgan fingerprint density at radius 2 is 1.55 bits per heavy atom. The number of rotatable bonds is 5. The smallest absolute Gasteiger partial charge is 0.166 e. The van der Waals surface area contributed by atoms with Crippen LogP contribution in [0.2, 0.25) is 0 Å². The maximum atomic E-state index is 9.99. The Balaban J connectivity index is 2.46. The maximum Gasteiger partial charge on any atom is 0.166 e. The number of aromatic hydroxyl groups is 1. The van der Waals surface area contributed by atoms with Gasteiger partial charge in [-0.25, -0.2) is 0 Å². The summed E-state index contributed by atoms with van der Waals surface area (Å²) in [7, 11) is -0.161. The van der Waals surface area contributed by atoms with Crippen molar-refractivity contribution in [1.82, 2.24) is 0 Å². The van der Waals surface area contributed by atoms with Crippen LogP contribution in [0.1, 0.15) is 11.1 Å². The summed E-state index contributed by atoms with van der Waals surface area (Å²) in [6.07, 6.45) is 7.71. The predicted molar refractivity (Wildman–Crippen MR) is 96.4 cm³/mol. The summed E-state index contributed by atoms with van der Waals surface area (Å²) in [4.78, 5) is 2.47. The van der Waals surface area contributed by atoms with Crippen molar-refractivity contribution in [2.45, 2.75) is 23.6 Å². The number of aryl methyl sites for hydroxylation is 2. The number of phenolic OH excluding ortho intramolecular Hbond substituents is 1. The highest BCUT2D eigenvalue weighted by atomic mass is 32.2. The molecule has 0 aliphatic heterocycles. The van der Waals surface area contributed by atoms with Crippen LogP contribution < -0.4 is 0 Å². The maximum absolute atomic E-state index is 9.99. The van der Waals surface area contributed by atoms with E-state index in [1.54, 1.807) is 6.08 Å². The molecule has 0 amide bonds. The molecule has 2 rings (SSSR count). The lowest BCUT2D eigenvalue weighted by molar-refractivity contribution is 0.466. The fourth-order valence-electron chi connectivity index (χ4n) is 2.17. The molecule has 2 aromatic carbocycles. The minimum Gasteiger partial charge on any atom is -0.507 e. The SMILES string of the molecule is C=C/C=C\C=C\[S+](c1ccccc1)c1cc(C)c(O)c(C)c1. The summed E-state index contributed by atoms with van der Waals surface area (Å²) in [5, 5.41) is 12.2. The van der Waals surface area contributed by atoms with Gasteiger partial charge in [0.2, 0.25) is 0 Å². The minimum absolute atomic E-state index is 0.161. The molecule has 1 N–H and O–H groups in total. The van der Waals surface area contributed by atoms with E-state index < -0.39 is 0 Å². The third-order valence-corrected chi connectivity index (χ3v) is 5.24. The molecule has 2 heteroatoms. The van der Waals surface area contributed by atoms with Gasteiger partial charge in [-0.3, -0.25) is 0 Å². The van der Waals surface area contributed by atoms with Crippen molar-refractivity contribution in [2.24, 2.45) is 0 Å². The molecule has 0 saturated heterocycles. The lowest BCUT2D eigenvalue weighted by Gasteiger charge is -2.07. The summed E-state index contributed by atoms with van der Waals surface area (Å²) in [5.41, 5.74) is 1.83. The summed E-state index contributed by atoms with van der Waals surface area (Å²) < 4.78 is 0. The monoisotopic (exact) mass is 309 g/mol. The Kier molecular flexibility index (Phi) is 5.68. The quantitative estimate of drug-likeness (QED) is 0.587. The first-order valence-corrected chi connectivity index (χ1v) is 8.46. The highest BCUT2D eigenvalue weighted by molar-refractivity contribution is 7.99. The highest BCUT2D eigenvalue weighted by Gasteiger charge is 2.23. The van der Waals surface area contributed by atoms with Crippen molar-refractivity contribution in [3.05, 3.63) is 89.9 Å². The molecule has 1 unspecified atom stereocenters. The summed E-state index contributed by atoms with van der Waals surface area (Å²) in [6, 6.07) is 14.6. The number of phenols is 1. The molecule has 1 atom stereocenters. The minimum atomic E-state index is -0.161. The average Bonchev–Trinajstić information content (AvgIpc) is 2.53. The van der Waals surface area contributed by atoms with E-state index in [1.165, 1.54) is 9.79 Å². The molecule has 112 valence electrons. The first-order valence-electron chi connectivity index (χ1n) is 7.17. The van der Waals surface area contributed by atoms with E-state index in [2.05, 4.69) is 54.5 Å². The predicted octanol–water partition coefficient (Wildman–Crippen LogP) is 5.30. The molecule has 22 heavy (non-hydrogen) atoms. The van der Waals surface area contributed by atoms with Gasteiger partial charge < -0.3 is 5.11 Å². The molecule has 0 aliphatic rings. The molecule has 0 bridgehead atoms. The van der Waals surface area contributed by atoms with Crippen molar-refractivity contribution in [3.63, 3.8) is 0 Å². The topological polar surface area (TPSA) is 20.2 Å². The zero-order valence-corrected chi connectivity index (χ0v) is 13.8. The Labute approximate surface area is 135 Å². The highest BCUT2D eigenvalue weighted by Crippen LogP contribution is 2.31. The zero-order valence-electron chi connectivity index (χ0n) is 13.0. The summed E-state index contributed by atoms with van der Waals surface area (Å²) in [5.74, 6) is 0.385. The second-order valence-corrected chi connectivity index (χ2v) is 6.90. The largest absolute Gasteiger partial charge is 0.507 e. The van der Waals surface area contributed by atoms with Gasteiger partial charge in [0.15, 0.2) is 9.79 Å². The van der Waals surface area contributed by atoms with Gasteiger partial charge in [-0.05, 0) is 43.2 Å². The second-order valence-electron chi connectivity index (χ2n) is 5.01. The fraction of sp³-hybridized carbons (Fsp3) is 0.100. The Hall–Kier alpha value is -2.19. The van der Waals surface area contributed by atoms with Crippen molar-refractivity contribution in [2.75, 3.05) is 0 Å². The van der Waals surface area contributed by atoms with E-state index in [9.17, 15) is 5.11 Å². The lowest BCUT2D eigenvalue weighted by Crippen LogP contribution is -2.01. The van der Waals surface area contributed by atoms with E-state index in [0.717, 1.165) is 11.1 Å². The summed E-state index contributed by atoms with van der Waals surface area (Å²) in [6.45, 7) is 7.57. The standard InChI is InChI=1S/C20H20OS/c1-4-5-6-10-13-22(18-11-8-7-9-12-18)19-14-16(2)20(21)17(3)15-19/h4-15H,1H2,2-3H3/p+1/b6-5-,13-10+. The molecule has 0 radical (unpaired) electrons. The molecule has 0 spiro atoms. The van der Waals surface area contributed by atoms with Gasteiger partial charge in [-0.1, -0.05) is 43.0 Å². The number of allylic oxidation sites excluding steroid dienone is 4. The van der Waals surface area contributed by atoms with Crippen LogP contribution in [0.4, 0.5) is 0 Å². The van der Waals surface area contributed by atoms with Gasteiger partial charge >= 0.3 is 0 Å². The van der Waals surface area contributed by atoms with Crippen molar-refractivity contribution in [3.8, 4) is 5.75 Å². The average molecular weight is 309 g/mol. The second kappa shape index (κ2) is 7.71. The van der Waals surface area contributed by atoms with Gasteiger partial charge in [0, 0.05) is 12.1 Å². The van der Waals surface area contributed by atoms with E-state index in [4.69, 9.17) is 0 Å². The van der Waals surface area contributed by atoms with E-state index in [1.807, 2.05) is 32.1 Å². The third-order valence-electron chi connectivity index (χ3n) is 3.29. The van der Waals surface area contributed by atoms with Gasteiger partial charge in [0.25, 0.3) is 0 Å². The van der Waals surface area contributed by atoms with Gasteiger partial charge in [0.05, 0.1) is 10.9 Å². The molecule has 0 fully saturated rings. The van der Waals surface area contributed by atoms with E-state index >= 15 is 0 Å². The van der Waals surface area contributed by atoms with Crippen LogP contribution in [-0.4, -0.2) is 5.11 Å².